The Morgan fingerprint density at radius 3 is 2.51 bits per heavy atom. The van der Waals surface area contributed by atoms with E-state index in [-0.39, 0.29) is 40.0 Å². The number of piperazine rings is 1. The summed E-state index contributed by atoms with van der Waals surface area (Å²) in [5.41, 5.74) is -1.48. The molecular weight excluding hydrogens is 564 g/mol. The van der Waals surface area contributed by atoms with Crippen LogP contribution >= 0.6 is 0 Å². The second kappa shape index (κ2) is 11.1. The van der Waals surface area contributed by atoms with Crippen LogP contribution in [0, 0.1) is 23.3 Å². The zero-order valence-corrected chi connectivity index (χ0v) is 22.9. The number of aromatic nitrogens is 2. The summed E-state index contributed by atoms with van der Waals surface area (Å²) < 4.78 is 88.1. The average molecular weight is 591 g/mol. The van der Waals surface area contributed by atoms with Crippen LogP contribution in [0.25, 0.3) is 22.2 Å². The van der Waals surface area contributed by atoms with E-state index in [1.54, 1.807) is 11.8 Å². The number of ketones is 1. The van der Waals surface area contributed by atoms with Gasteiger partial charge in [0.1, 0.15) is 23.1 Å². The monoisotopic (exact) mass is 590 g/mol. The molecule has 0 radical (unpaired) electrons. The molecule has 0 atom stereocenters. The highest BCUT2D eigenvalue weighted by molar-refractivity contribution is 7.90. The van der Waals surface area contributed by atoms with Gasteiger partial charge in [0.2, 0.25) is 5.78 Å². The lowest BCUT2D eigenvalue weighted by molar-refractivity contribution is 0.103. The molecule has 0 spiro atoms. The molecule has 1 aliphatic rings. The smallest absolute Gasteiger partial charge is 0.301 e. The summed E-state index contributed by atoms with van der Waals surface area (Å²) in [5, 5.41) is 3.25. The Morgan fingerprint density at radius 2 is 1.80 bits per heavy atom. The number of aromatic amines is 1. The SMILES string of the molecule is CCN(C)S(=O)(=O)Nc1ccc(F)c(C(=O)c2c[nH]c3ncc(-c4cc(F)c(N5CCNCC5)cc4F)cc23)c1F. The van der Waals surface area contributed by atoms with Crippen LogP contribution in [-0.2, 0) is 10.2 Å². The Hall–Kier alpha value is -4.01. The number of pyridine rings is 1. The van der Waals surface area contributed by atoms with E-state index in [1.807, 2.05) is 4.72 Å². The first-order valence-electron chi connectivity index (χ1n) is 12.7. The molecule has 1 aliphatic heterocycles. The van der Waals surface area contributed by atoms with Crippen LogP contribution in [0.2, 0.25) is 0 Å². The van der Waals surface area contributed by atoms with Crippen LogP contribution in [0.15, 0.2) is 42.7 Å². The molecule has 2 aromatic heterocycles. The van der Waals surface area contributed by atoms with E-state index < -0.39 is 50.5 Å². The lowest BCUT2D eigenvalue weighted by atomic mass is 9.99. The summed E-state index contributed by atoms with van der Waals surface area (Å²) in [5.74, 6) is -5.06. The lowest BCUT2D eigenvalue weighted by Gasteiger charge is -2.30. The summed E-state index contributed by atoms with van der Waals surface area (Å²) in [6.07, 6.45) is 2.48. The predicted octanol–water partition coefficient (Wildman–Crippen LogP) is 4.04. The van der Waals surface area contributed by atoms with E-state index in [9.17, 15) is 17.6 Å². The molecule has 3 heterocycles. The van der Waals surface area contributed by atoms with Gasteiger partial charge in [-0.05, 0) is 24.3 Å². The Morgan fingerprint density at radius 1 is 1.07 bits per heavy atom. The number of rotatable bonds is 8. The van der Waals surface area contributed by atoms with Gasteiger partial charge >= 0.3 is 10.2 Å². The highest BCUT2D eigenvalue weighted by Crippen LogP contribution is 2.33. The molecule has 1 saturated heterocycles. The number of fused-ring (bicyclic) bond motifs is 1. The second-order valence-electron chi connectivity index (χ2n) is 9.48. The number of benzene rings is 2. The van der Waals surface area contributed by atoms with Crippen molar-refractivity contribution in [2.45, 2.75) is 6.92 Å². The fourth-order valence-corrected chi connectivity index (χ4v) is 5.54. The highest BCUT2D eigenvalue weighted by atomic mass is 32.2. The lowest BCUT2D eigenvalue weighted by Crippen LogP contribution is -2.43. The number of carbonyl (C=O) groups is 1. The summed E-state index contributed by atoms with van der Waals surface area (Å²) in [4.78, 5) is 22.0. The Balaban J connectivity index is 1.53. The number of hydrogen-bond donors (Lipinski definition) is 3. The van der Waals surface area contributed by atoms with Crippen molar-refractivity contribution in [2.75, 3.05) is 49.4 Å². The summed E-state index contributed by atoms with van der Waals surface area (Å²) in [7, 11) is -2.90. The van der Waals surface area contributed by atoms with Crippen LogP contribution in [0.5, 0.6) is 0 Å². The normalized spacial score (nSPS) is 14.2. The van der Waals surface area contributed by atoms with Crippen molar-refractivity contribution >= 4 is 38.4 Å². The molecule has 0 unspecified atom stereocenters. The number of carbonyl (C=O) groups excluding carboxylic acids is 1. The molecule has 0 aliphatic carbocycles. The Bertz CT molecular complexity index is 1760. The van der Waals surface area contributed by atoms with Crippen molar-refractivity contribution < 1.29 is 30.8 Å². The number of halogens is 4. The van der Waals surface area contributed by atoms with Gasteiger partial charge in [-0.2, -0.15) is 12.7 Å². The largest absolute Gasteiger partial charge is 0.367 e. The molecule has 41 heavy (non-hydrogen) atoms. The van der Waals surface area contributed by atoms with Gasteiger partial charge in [-0.1, -0.05) is 6.92 Å². The quantitative estimate of drug-likeness (QED) is 0.211. The number of anilines is 2. The molecule has 5 rings (SSSR count). The van der Waals surface area contributed by atoms with Crippen molar-refractivity contribution in [1.82, 2.24) is 19.6 Å². The van der Waals surface area contributed by atoms with Crippen molar-refractivity contribution in [1.29, 1.82) is 0 Å². The molecule has 14 heteroatoms. The van der Waals surface area contributed by atoms with Gasteiger partial charge in [0.15, 0.2) is 5.82 Å². The third kappa shape index (κ3) is 5.37. The Labute approximate surface area is 233 Å². The maximum absolute atomic E-state index is 15.4. The van der Waals surface area contributed by atoms with E-state index in [2.05, 4.69) is 15.3 Å². The zero-order chi connectivity index (χ0) is 29.5. The van der Waals surface area contributed by atoms with E-state index in [4.69, 9.17) is 0 Å². The molecule has 9 nitrogen and oxygen atoms in total. The summed E-state index contributed by atoms with van der Waals surface area (Å²) in [6.45, 7) is 3.96. The summed E-state index contributed by atoms with van der Waals surface area (Å²) in [6, 6.07) is 5.17. The molecule has 4 aromatic rings. The number of hydrogen-bond acceptors (Lipinski definition) is 6. The van der Waals surface area contributed by atoms with Crippen LogP contribution < -0.4 is 14.9 Å². The molecule has 1 fully saturated rings. The third-order valence-electron chi connectivity index (χ3n) is 6.99. The minimum absolute atomic E-state index is 0.0809. The van der Waals surface area contributed by atoms with Crippen LogP contribution in [0.4, 0.5) is 28.9 Å². The molecular formula is C27H26F4N6O3S. The first-order chi connectivity index (χ1) is 19.5. The van der Waals surface area contributed by atoms with Crippen molar-refractivity contribution in [3.63, 3.8) is 0 Å². The number of nitrogens with zero attached hydrogens (tertiary/aromatic N) is 3. The molecule has 0 bridgehead atoms. The van der Waals surface area contributed by atoms with Gasteiger partial charge in [-0.3, -0.25) is 9.52 Å². The van der Waals surface area contributed by atoms with Crippen molar-refractivity contribution in [2.24, 2.45) is 0 Å². The third-order valence-corrected chi connectivity index (χ3v) is 8.55. The van der Waals surface area contributed by atoms with Gasteiger partial charge in [-0.25, -0.2) is 22.5 Å². The van der Waals surface area contributed by atoms with Gasteiger partial charge in [0, 0.05) is 80.3 Å². The first-order valence-corrected chi connectivity index (χ1v) is 14.1. The number of nitrogens with one attached hydrogen (secondary N) is 3. The molecule has 2 aromatic carbocycles. The fraction of sp³-hybridized carbons (Fsp3) is 0.259. The minimum atomic E-state index is -4.16. The maximum Gasteiger partial charge on any atom is 0.301 e. The Kier molecular flexibility index (Phi) is 7.72. The average Bonchev–Trinajstić information content (AvgIpc) is 3.39. The highest BCUT2D eigenvalue weighted by Gasteiger charge is 2.27. The van der Waals surface area contributed by atoms with Crippen molar-refractivity contribution in [3.05, 3.63) is 77.1 Å². The molecule has 216 valence electrons. The van der Waals surface area contributed by atoms with E-state index >= 15 is 13.2 Å². The molecule has 0 amide bonds. The standard InChI is InChI=1S/C27H26F4N6O3S/c1-3-36(2)41(39,40)35-22-5-4-19(28)24(25(22)31)26(38)18-14-34-27-17(18)10-15(13-33-27)16-11-21(30)23(12-20(16)29)37-8-6-32-7-9-37/h4-5,10-14,32,35H,3,6-9H2,1-2H3,(H,33,34). The first kappa shape index (κ1) is 28.5. The topological polar surface area (TPSA) is 110 Å². The second-order valence-corrected chi connectivity index (χ2v) is 11.3. The zero-order valence-electron chi connectivity index (χ0n) is 22.1. The van der Waals surface area contributed by atoms with Crippen molar-refractivity contribution in [3.8, 4) is 11.1 Å². The van der Waals surface area contributed by atoms with Gasteiger partial charge in [0.25, 0.3) is 0 Å². The van der Waals surface area contributed by atoms with Crippen LogP contribution in [-0.4, -0.2) is 68.2 Å². The van der Waals surface area contributed by atoms with Crippen LogP contribution in [0.1, 0.15) is 22.8 Å². The van der Waals surface area contributed by atoms with E-state index in [0.29, 0.717) is 26.2 Å². The molecule has 3 N–H and O–H groups in total. The minimum Gasteiger partial charge on any atom is -0.367 e. The maximum atomic E-state index is 15.4. The fourth-order valence-electron chi connectivity index (χ4n) is 4.61. The van der Waals surface area contributed by atoms with Crippen LogP contribution in [0.3, 0.4) is 0 Å². The summed E-state index contributed by atoms with van der Waals surface area (Å²) >= 11 is 0. The number of H-pyrrole nitrogens is 1. The van der Waals surface area contributed by atoms with Gasteiger partial charge in [0.05, 0.1) is 16.9 Å². The predicted molar refractivity (Wildman–Crippen MR) is 147 cm³/mol. The van der Waals surface area contributed by atoms with Gasteiger partial charge < -0.3 is 15.2 Å². The van der Waals surface area contributed by atoms with E-state index in [1.165, 1.54) is 25.5 Å². The van der Waals surface area contributed by atoms with Gasteiger partial charge in [-0.15, -0.1) is 0 Å². The molecule has 0 saturated carbocycles. The van der Waals surface area contributed by atoms with E-state index in [0.717, 1.165) is 28.6 Å².